The second-order valence-electron chi connectivity index (χ2n) is 7.69. The van der Waals surface area contributed by atoms with Crippen LogP contribution in [0.3, 0.4) is 0 Å². The van der Waals surface area contributed by atoms with Crippen molar-refractivity contribution in [2.24, 2.45) is 0 Å². The third-order valence-electron chi connectivity index (χ3n) is 4.79. The first-order valence-electron chi connectivity index (χ1n) is 11.6. The molecule has 0 aliphatic heterocycles. The smallest absolute Gasteiger partial charge is 0.297 e. The predicted octanol–water partition coefficient (Wildman–Crippen LogP) is 1.65. The van der Waals surface area contributed by atoms with Gasteiger partial charge in [0, 0.05) is 18.7 Å². The zero-order valence-electron chi connectivity index (χ0n) is 20.9. The molecular formula is C23H32N2O11S2. The van der Waals surface area contributed by atoms with E-state index in [2.05, 4.69) is 4.72 Å². The molecule has 2 aromatic rings. The van der Waals surface area contributed by atoms with E-state index in [1.165, 1.54) is 12.1 Å². The number of benzene rings is 2. The number of hydrogen-bond donors (Lipinski definition) is 1. The molecule has 0 aromatic heterocycles. The molecule has 2 rings (SSSR count). The van der Waals surface area contributed by atoms with Gasteiger partial charge in [0.1, 0.15) is 0 Å². The monoisotopic (exact) mass is 576 g/mol. The fraction of sp³-hybridized carbons (Fsp3) is 0.478. The number of hydrogen-bond acceptors (Lipinski definition) is 11. The SMILES string of the molecule is Cc1ccc(S(=O)(=O)OCCOCCOCCOCCOCCNS(=O)(=O)c2ccc([N+](=O)[O-])cc2)cc1. The van der Waals surface area contributed by atoms with Crippen LogP contribution in [0.1, 0.15) is 5.56 Å². The average molecular weight is 577 g/mol. The Morgan fingerprint density at radius 1 is 0.684 bits per heavy atom. The summed E-state index contributed by atoms with van der Waals surface area (Å²) in [5.41, 5.74) is 0.759. The highest BCUT2D eigenvalue weighted by molar-refractivity contribution is 7.89. The molecule has 1 N–H and O–H groups in total. The van der Waals surface area contributed by atoms with E-state index < -0.39 is 25.1 Å². The minimum atomic E-state index is -3.80. The third-order valence-corrected chi connectivity index (χ3v) is 7.59. The normalized spacial score (nSPS) is 12.0. The molecule has 0 aliphatic carbocycles. The van der Waals surface area contributed by atoms with E-state index in [9.17, 15) is 26.9 Å². The number of rotatable bonds is 20. The molecule has 0 saturated carbocycles. The standard InChI is InChI=1S/C23H32N2O11S2/c1-20-2-6-23(7-3-20)38(30,31)36-19-18-35-17-16-34-15-14-33-13-12-32-11-10-24-37(28,29)22-8-4-21(5-9-22)25(26)27/h2-9,24H,10-19H2,1H3. The van der Waals surface area contributed by atoms with Crippen LogP contribution in [0, 0.1) is 17.0 Å². The van der Waals surface area contributed by atoms with Gasteiger partial charge >= 0.3 is 0 Å². The van der Waals surface area contributed by atoms with Crippen molar-refractivity contribution in [1.82, 2.24) is 4.72 Å². The van der Waals surface area contributed by atoms with Gasteiger partial charge in [-0.25, -0.2) is 13.1 Å². The average Bonchev–Trinajstić information content (AvgIpc) is 2.88. The summed E-state index contributed by atoms with van der Waals surface area (Å²) in [6.07, 6.45) is 0. The zero-order chi connectivity index (χ0) is 27.9. The summed E-state index contributed by atoms with van der Waals surface area (Å²) in [5, 5.41) is 10.6. The molecule has 0 saturated heterocycles. The van der Waals surface area contributed by atoms with E-state index in [0.717, 1.165) is 29.8 Å². The van der Waals surface area contributed by atoms with Gasteiger partial charge in [0.05, 0.1) is 74.2 Å². The maximum absolute atomic E-state index is 12.1. The molecule has 0 spiro atoms. The fourth-order valence-electron chi connectivity index (χ4n) is 2.82. The van der Waals surface area contributed by atoms with Crippen molar-refractivity contribution in [1.29, 1.82) is 0 Å². The van der Waals surface area contributed by atoms with Crippen LogP contribution < -0.4 is 4.72 Å². The Morgan fingerprint density at radius 3 is 1.63 bits per heavy atom. The van der Waals surface area contributed by atoms with Crippen LogP contribution in [-0.2, 0) is 43.3 Å². The fourth-order valence-corrected chi connectivity index (χ4v) is 4.72. The topological polar surface area (TPSA) is 170 Å². The van der Waals surface area contributed by atoms with Crippen molar-refractivity contribution in [2.75, 3.05) is 66.0 Å². The quantitative estimate of drug-likeness (QED) is 0.105. The molecule has 0 unspecified atom stereocenters. The Bertz CT molecular complexity index is 1190. The zero-order valence-corrected chi connectivity index (χ0v) is 22.6. The number of sulfonamides is 1. The van der Waals surface area contributed by atoms with Gasteiger partial charge in [0.2, 0.25) is 10.0 Å². The van der Waals surface area contributed by atoms with E-state index in [0.29, 0.717) is 26.4 Å². The lowest BCUT2D eigenvalue weighted by atomic mass is 10.2. The molecular weight excluding hydrogens is 544 g/mol. The number of nitro groups is 1. The van der Waals surface area contributed by atoms with Crippen molar-refractivity contribution in [3.63, 3.8) is 0 Å². The summed E-state index contributed by atoms with van der Waals surface area (Å²) in [6.45, 7) is 3.81. The Labute approximate surface area is 222 Å². The van der Waals surface area contributed by atoms with E-state index in [1.807, 2.05) is 6.92 Å². The van der Waals surface area contributed by atoms with Crippen LogP contribution in [0.4, 0.5) is 5.69 Å². The van der Waals surface area contributed by atoms with Gasteiger partial charge in [-0.1, -0.05) is 17.7 Å². The van der Waals surface area contributed by atoms with Crippen LogP contribution in [-0.4, -0.2) is 87.8 Å². The van der Waals surface area contributed by atoms with E-state index in [1.54, 1.807) is 12.1 Å². The van der Waals surface area contributed by atoms with Crippen LogP contribution >= 0.6 is 0 Å². The molecule has 0 heterocycles. The molecule has 0 amide bonds. The molecule has 0 atom stereocenters. The van der Waals surface area contributed by atoms with Crippen LogP contribution in [0.5, 0.6) is 0 Å². The summed E-state index contributed by atoms with van der Waals surface area (Å²) in [4.78, 5) is 10.1. The Hall–Kier alpha value is -2.50. The molecule has 0 fully saturated rings. The van der Waals surface area contributed by atoms with Gasteiger partial charge in [-0.2, -0.15) is 8.42 Å². The van der Waals surface area contributed by atoms with Gasteiger partial charge in [-0.3, -0.25) is 14.3 Å². The summed E-state index contributed by atoms with van der Waals surface area (Å²) < 4.78 is 76.9. The minimum Gasteiger partial charge on any atom is -0.378 e. The molecule has 13 nitrogen and oxygen atoms in total. The summed E-state index contributed by atoms with van der Waals surface area (Å²) in [7, 11) is -7.59. The largest absolute Gasteiger partial charge is 0.378 e. The lowest BCUT2D eigenvalue weighted by molar-refractivity contribution is -0.384. The van der Waals surface area contributed by atoms with Crippen LogP contribution in [0.25, 0.3) is 0 Å². The van der Waals surface area contributed by atoms with E-state index in [4.69, 9.17) is 23.1 Å². The highest BCUT2D eigenvalue weighted by Crippen LogP contribution is 2.15. The van der Waals surface area contributed by atoms with Crippen molar-refractivity contribution in [3.05, 3.63) is 64.2 Å². The summed E-state index contributed by atoms with van der Waals surface area (Å²) >= 11 is 0. The highest BCUT2D eigenvalue weighted by Gasteiger charge is 2.15. The van der Waals surface area contributed by atoms with Crippen LogP contribution in [0.15, 0.2) is 58.3 Å². The maximum atomic E-state index is 12.1. The van der Waals surface area contributed by atoms with Gasteiger partial charge in [-0.05, 0) is 31.2 Å². The van der Waals surface area contributed by atoms with E-state index >= 15 is 0 Å². The molecule has 38 heavy (non-hydrogen) atoms. The molecule has 212 valence electrons. The predicted molar refractivity (Wildman–Crippen MR) is 136 cm³/mol. The maximum Gasteiger partial charge on any atom is 0.297 e. The number of nitrogens with one attached hydrogen (secondary N) is 1. The lowest BCUT2D eigenvalue weighted by Gasteiger charge is -2.09. The molecule has 2 aromatic carbocycles. The first-order chi connectivity index (χ1) is 18.1. The van der Waals surface area contributed by atoms with Crippen molar-refractivity contribution in [3.8, 4) is 0 Å². The van der Waals surface area contributed by atoms with Crippen molar-refractivity contribution < 1.29 is 44.9 Å². The summed E-state index contributed by atoms with van der Waals surface area (Å²) in [5.74, 6) is 0. The van der Waals surface area contributed by atoms with Crippen LogP contribution in [0.2, 0.25) is 0 Å². The third kappa shape index (κ3) is 11.9. The van der Waals surface area contributed by atoms with Gasteiger partial charge in [-0.15, -0.1) is 0 Å². The van der Waals surface area contributed by atoms with E-state index in [-0.39, 0.29) is 55.1 Å². The first kappa shape index (κ1) is 31.7. The van der Waals surface area contributed by atoms with Gasteiger partial charge in [0.25, 0.3) is 15.8 Å². The molecule has 15 heteroatoms. The Morgan fingerprint density at radius 2 is 1.13 bits per heavy atom. The van der Waals surface area contributed by atoms with Crippen molar-refractivity contribution in [2.45, 2.75) is 16.7 Å². The van der Waals surface area contributed by atoms with Crippen molar-refractivity contribution >= 4 is 25.8 Å². The Kier molecular flexibility index (Phi) is 13.7. The number of non-ortho nitro benzene ring substituents is 1. The molecule has 0 aliphatic rings. The van der Waals surface area contributed by atoms with Gasteiger partial charge < -0.3 is 18.9 Å². The second kappa shape index (κ2) is 16.5. The van der Waals surface area contributed by atoms with Gasteiger partial charge in [0.15, 0.2) is 0 Å². The minimum absolute atomic E-state index is 0.0331. The number of aryl methyl sites for hydroxylation is 1. The number of ether oxygens (including phenoxy) is 4. The number of nitro benzene ring substituents is 1. The first-order valence-corrected chi connectivity index (χ1v) is 14.5. The second-order valence-corrected chi connectivity index (χ2v) is 11.1. The Balaban J connectivity index is 1.39. The highest BCUT2D eigenvalue weighted by atomic mass is 32.2. The lowest BCUT2D eigenvalue weighted by Crippen LogP contribution is -2.27. The number of nitrogens with zero attached hydrogens (tertiary/aromatic N) is 1. The summed E-state index contributed by atoms with van der Waals surface area (Å²) in [6, 6.07) is 10.9. The molecule has 0 radical (unpaired) electrons. The molecule has 0 bridgehead atoms.